The second-order valence-corrected chi connectivity index (χ2v) is 10.6. The van der Waals surface area contributed by atoms with E-state index in [1.807, 2.05) is 76.2 Å². The van der Waals surface area contributed by atoms with Gasteiger partial charge in [0, 0.05) is 41.0 Å². The monoisotopic (exact) mass is 745 g/mol. The molecular formula is C36H27FN4OPt. The molecular weight excluding hydrogens is 718 g/mol. The number of aromatic nitrogens is 4. The summed E-state index contributed by atoms with van der Waals surface area (Å²) >= 11 is 0. The molecule has 0 atom stereocenters. The maximum atomic E-state index is 14.2. The summed E-state index contributed by atoms with van der Waals surface area (Å²) in [4.78, 5) is 4.43. The topological polar surface area (TPSA) is 44.9 Å². The Bertz CT molecular complexity index is 2120. The van der Waals surface area contributed by atoms with Crippen LogP contribution in [-0.2, 0) is 21.1 Å². The molecule has 214 valence electrons. The first-order valence-electron chi connectivity index (χ1n) is 13.8. The van der Waals surface area contributed by atoms with Crippen molar-refractivity contribution in [1.29, 1.82) is 0 Å². The Morgan fingerprint density at radius 2 is 1.56 bits per heavy atom. The van der Waals surface area contributed by atoms with Gasteiger partial charge in [0.25, 0.3) is 0 Å². The van der Waals surface area contributed by atoms with Crippen molar-refractivity contribution >= 4 is 21.8 Å². The predicted octanol–water partition coefficient (Wildman–Crippen LogP) is 8.79. The first-order chi connectivity index (χ1) is 20.4. The molecule has 7 aromatic rings. The number of halogens is 1. The molecule has 7 rings (SSSR count). The van der Waals surface area contributed by atoms with Crippen LogP contribution in [0.15, 0.2) is 91.4 Å². The van der Waals surface area contributed by atoms with E-state index in [-0.39, 0.29) is 26.9 Å². The third kappa shape index (κ3) is 5.06. The molecule has 3 heterocycles. The molecule has 7 heteroatoms. The molecule has 3 aromatic heterocycles. The van der Waals surface area contributed by atoms with Gasteiger partial charge in [-0.25, -0.2) is 9.37 Å². The Kier molecular flexibility index (Phi) is 7.49. The van der Waals surface area contributed by atoms with Crippen molar-refractivity contribution in [2.24, 2.45) is 0 Å². The molecule has 0 aliphatic rings. The van der Waals surface area contributed by atoms with Crippen molar-refractivity contribution in [3.8, 4) is 34.1 Å². The third-order valence-corrected chi connectivity index (χ3v) is 7.95. The average molecular weight is 746 g/mol. The number of pyridine rings is 1. The van der Waals surface area contributed by atoms with E-state index in [2.05, 4.69) is 56.0 Å². The van der Waals surface area contributed by atoms with Gasteiger partial charge in [-0.3, -0.25) is 4.68 Å². The van der Waals surface area contributed by atoms with Crippen molar-refractivity contribution in [2.45, 2.75) is 27.7 Å². The van der Waals surface area contributed by atoms with E-state index in [4.69, 9.17) is 4.74 Å². The molecule has 0 fully saturated rings. The van der Waals surface area contributed by atoms with Gasteiger partial charge in [-0.1, -0.05) is 29.8 Å². The van der Waals surface area contributed by atoms with Gasteiger partial charge in [-0.2, -0.15) is 17.2 Å². The minimum absolute atomic E-state index is 0. The van der Waals surface area contributed by atoms with Gasteiger partial charge in [0.15, 0.2) is 0 Å². The zero-order chi connectivity index (χ0) is 29.0. The quantitative estimate of drug-likeness (QED) is 0.166. The van der Waals surface area contributed by atoms with Crippen molar-refractivity contribution in [2.75, 3.05) is 0 Å². The Labute approximate surface area is 263 Å². The predicted molar refractivity (Wildman–Crippen MR) is 164 cm³/mol. The molecule has 0 bridgehead atoms. The van der Waals surface area contributed by atoms with Gasteiger partial charge in [0.1, 0.15) is 11.6 Å². The van der Waals surface area contributed by atoms with Gasteiger partial charge in [-0.05, 0) is 78.7 Å². The van der Waals surface area contributed by atoms with E-state index in [9.17, 15) is 4.39 Å². The van der Waals surface area contributed by atoms with E-state index >= 15 is 0 Å². The fourth-order valence-corrected chi connectivity index (χ4v) is 5.67. The van der Waals surface area contributed by atoms with Crippen LogP contribution in [-0.4, -0.2) is 19.3 Å². The van der Waals surface area contributed by atoms with E-state index in [1.165, 1.54) is 46.1 Å². The minimum Gasteiger partial charge on any atom is -0.509 e. The largest absolute Gasteiger partial charge is 2.00 e. The molecule has 0 unspecified atom stereocenters. The molecule has 0 N–H and O–H groups in total. The van der Waals surface area contributed by atoms with E-state index in [0.29, 0.717) is 17.3 Å². The van der Waals surface area contributed by atoms with Crippen LogP contribution in [0.4, 0.5) is 4.39 Å². The molecule has 5 nitrogen and oxygen atoms in total. The van der Waals surface area contributed by atoms with Crippen molar-refractivity contribution in [3.63, 3.8) is 0 Å². The summed E-state index contributed by atoms with van der Waals surface area (Å²) in [7, 11) is 0. The number of benzene rings is 4. The van der Waals surface area contributed by atoms with Crippen LogP contribution in [0, 0.1) is 45.6 Å². The summed E-state index contributed by atoms with van der Waals surface area (Å²) in [5.74, 6) is 1.17. The number of para-hydroxylation sites is 1. The number of hydrogen-bond acceptors (Lipinski definition) is 3. The number of nitrogens with zero attached hydrogens (tertiary/aromatic N) is 4. The van der Waals surface area contributed by atoms with E-state index in [0.717, 1.165) is 33.1 Å². The molecule has 0 saturated heterocycles. The smallest absolute Gasteiger partial charge is 0.509 e. The average Bonchev–Trinajstić information content (AvgIpc) is 3.60. The van der Waals surface area contributed by atoms with Crippen LogP contribution in [0.2, 0.25) is 0 Å². The Balaban J connectivity index is 0.00000329. The fraction of sp³-hybridized carbons (Fsp3) is 0.111. The van der Waals surface area contributed by atoms with Crippen LogP contribution in [0.5, 0.6) is 11.5 Å². The second kappa shape index (κ2) is 11.3. The summed E-state index contributed by atoms with van der Waals surface area (Å²) in [5, 5.41) is 6.65. The third-order valence-electron chi connectivity index (χ3n) is 7.95. The van der Waals surface area contributed by atoms with Crippen molar-refractivity contribution < 1.29 is 30.2 Å². The summed E-state index contributed by atoms with van der Waals surface area (Å²) in [6.07, 6.45) is 5.40. The first-order valence-corrected chi connectivity index (χ1v) is 13.8. The standard InChI is InChI=1S/C36H27FN4O.Pt/c1-22-16-23(2)25(4)36(24(22)3)26-20-39-40(21-26)28-8-7-9-29(18-28)42-30-12-13-32-31-10-5-6-11-33(31)41(34(32)19-30)35-17-27(37)14-15-38-35;/h5-17,20-21H,1-4H3;/q-2;+2. The molecule has 0 aliphatic carbocycles. The van der Waals surface area contributed by atoms with E-state index in [1.54, 1.807) is 0 Å². The Morgan fingerprint density at radius 1 is 0.791 bits per heavy atom. The van der Waals surface area contributed by atoms with Crippen LogP contribution < -0.4 is 4.74 Å². The van der Waals surface area contributed by atoms with Gasteiger partial charge >= 0.3 is 21.1 Å². The normalized spacial score (nSPS) is 11.2. The number of ether oxygens (including phenoxy) is 1. The van der Waals surface area contributed by atoms with Crippen LogP contribution in [0.25, 0.3) is 44.4 Å². The van der Waals surface area contributed by atoms with Crippen LogP contribution >= 0.6 is 0 Å². The van der Waals surface area contributed by atoms with Gasteiger partial charge in [0.2, 0.25) is 0 Å². The summed E-state index contributed by atoms with van der Waals surface area (Å²) < 4.78 is 24.2. The molecule has 0 saturated carbocycles. The van der Waals surface area contributed by atoms with Gasteiger partial charge < -0.3 is 9.30 Å². The van der Waals surface area contributed by atoms with Crippen LogP contribution in [0.1, 0.15) is 22.3 Å². The first kappa shape index (κ1) is 28.6. The number of aryl methyl sites for hydroxylation is 2. The number of fused-ring (bicyclic) bond motifs is 3. The zero-order valence-corrected chi connectivity index (χ0v) is 26.3. The molecule has 0 radical (unpaired) electrons. The second-order valence-electron chi connectivity index (χ2n) is 10.6. The SMILES string of the molecule is Cc1cc(C)c(C)c(-c2cnn(-c3[c-]c(Oc4[c-]c5c(cc4)c4ccccc4n5-c4cc(F)ccn4)ccc3)c2)c1C.[Pt+2]. The Hall–Kier alpha value is -4.54. The van der Waals surface area contributed by atoms with E-state index < -0.39 is 0 Å². The Morgan fingerprint density at radius 3 is 2.35 bits per heavy atom. The summed E-state index contributed by atoms with van der Waals surface area (Å²) in [6.45, 7) is 8.61. The maximum Gasteiger partial charge on any atom is 2.00 e. The zero-order valence-electron chi connectivity index (χ0n) is 24.1. The molecule has 0 amide bonds. The maximum absolute atomic E-state index is 14.2. The fourth-order valence-electron chi connectivity index (χ4n) is 5.67. The van der Waals surface area contributed by atoms with Gasteiger partial charge in [-0.15, -0.1) is 35.7 Å². The molecule has 4 aromatic carbocycles. The number of rotatable bonds is 5. The summed E-state index contributed by atoms with van der Waals surface area (Å²) in [6, 6.07) is 29.3. The van der Waals surface area contributed by atoms with Crippen molar-refractivity contribution in [3.05, 3.63) is 132 Å². The van der Waals surface area contributed by atoms with Gasteiger partial charge in [0.05, 0.1) is 6.20 Å². The molecule has 43 heavy (non-hydrogen) atoms. The summed E-state index contributed by atoms with van der Waals surface area (Å²) in [5.41, 5.74) is 9.76. The van der Waals surface area contributed by atoms with Crippen molar-refractivity contribution in [1.82, 2.24) is 19.3 Å². The number of hydrogen-bond donors (Lipinski definition) is 0. The van der Waals surface area contributed by atoms with Crippen LogP contribution in [0.3, 0.4) is 0 Å². The molecule has 0 spiro atoms. The minimum atomic E-state index is -0.352. The molecule has 0 aliphatic heterocycles.